The Morgan fingerprint density at radius 3 is 2.24 bits per heavy atom. The van der Waals surface area contributed by atoms with Crippen molar-refractivity contribution in [3.8, 4) is 17.2 Å². The molecule has 7 nitrogen and oxygen atoms in total. The van der Waals surface area contributed by atoms with Crippen LogP contribution in [0.4, 0.5) is 5.69 Å². The second-order valence-corrected chi connectivity index (χ2v) is 8.01. The lowest BCUT2D eigenvalue weighted by atomic mass is 10.1. The Kier molecular flexibility index (Phi) is 5.45. The third-order valence-electron chi connectivity index (χ3n) is 5.99. The highest BCUT2D eigenvalue weighted by Gasteiger charge is 2.20. The van der Waals surface area contributed by atoms with Crippen molar-refractivity contribution < 1.29 is 19.0 Å². The second-order valence-electron chi connectivity index (χ2n) is 8.01. The normalized spacial score (nSPS) is 11.2. The second kappa shape index (κ2) is 8.59. The highest BCUT2D eigenvalue weighted by molar-refractivity contribution is 6.16. The molecule has 0 saturated heterocycles. The number of rotatable bonds is 6. The van der Waals surface area contributed by atoms with Gasteiger partial charge < -0.3 is 19.5 Å². The first kappa shape index (κ1) is 21.6. The van der Waals surface area contributed by atoms with Gasteiger partial charge in [0, 0.05) is 10.8 Å². The monoisotopic (exact) mass is 455 g/mol. The van der Waals surface area contributed by atoms with E-state index in [0.29, 0.717) is 17.2 Å². The Morgan fingerprint density at radius 2 is 1.56 bits per heavy atom. The van der Waals surface area contributed by atoms with Gasteiger partial charge in [-0.15, -0.1) is 0 Å². The topological polar surface area (TPSA) is 74.1 Å². The number of aromatic nitrogens is 2. The van der Waals surface area contributed by atoms with Gasteiger partial charge in [-0.3, -0.25) is 9.20 Å². The summed E-state index contributed by atoms with van der Waals surface area (Å²) in [5.41, 5.74) is 4.34. The van der Waals surface area contributed by atoms with E-state index in [-0.39, 0.29) is 12.3 Å². The smallest absolute Gasteiger partial charge is 0.228 e. The van der Waals surface area contributed by atoms with Crippen LogP contribution in [0.25, 0.3) is 27.3 Å². The molecular formula is C27H25N3O4. The van der Waals surface area contributed by atoms with E-state index in [1.54, 1.807) is 33.5 Å². The van der Waals surface area contributed by atoms with Gasteiger partial charge >= 0.3 is 0 Å². The molecule has 0 aliphatic rings. The van der Waals surface area contributed by atoms with Crippen molar-refractivity contribution in [3.63, 3.8) is 0 Å². The number of para-hydroxylation sites is 2. The van der Waals surface area contributed by atoms with Crippen LogP contribution in [0.15, 0.2) is 60.7 Å². The van der Waals surface area contributed by atoms with Crippen molar-refractivity contribution in [2.75, 3.05) is 26.6 Å². The van der Waals surface area contributed by atoms with Gasteiger partial charge in [-0.1, -0.05) is 36.4 Å². The van der Waals surface area contributed by atoms with Crippen molar-refractivity contribution in [1.29, 1.82) is 0 Å². The zero-order chi connectivity index (χ0) is 23.8. The molecule has 34 heavy (non-hydrogen) atoms. The molecule has 1 N–H and O–H groups in total. The summed E-state index contributed by atoms with van der Waals surface area (Å²) in [6, 6.07) is 19.6. The predicted molar refractivity (Wildman–Crippen MR) is 133 cm³/mol. The number of methoxy groups -OCH3 is 3. The molecule has 0 aliphatic heterocycles. The molecule has 5 rings (SSSR count). The number of aryl methyl sites for hydroxylation is 1. The maximum atomic E-state index is 13.3. The number of fused-ring (bicyclic) bond motifs is 5. The highest BCUT2D eigenvalue weighted by Crippen LogP contribution is 2.39. The largest absolute Gasteiger partial charge is 0.493 e. The molecule has 0 radical (unpaired) electrons. The number of anilines is 1. The molecule has 5 aromatic rings. The summed E-state index contributed by atoms with van der Waals surface area (Å²) in [5.74, 6) is 2.23. The van der Waals surface area contributed by atoms with Crippen molar-refractivity contribution >= 4 is 38.9 Å². The van der Waals surface area contributed by atoms with Crippen molar-refractivity contribution in [1.82, 2.24) is 9.38 Å². The Labute approximate surface area is 196 Å². The lowest BCUT2D eigenvalue weighted by Crippen LogP contribution is -2.15. The molecule has 0 bridgehead atoms. The molecule has 0 spiro atoms. The maximum absolute atomic E-state index is 13.3. The van der Waals surface area contributed by atoms with Crippen molar-refractivity contribution in [2.45, 2.75) is 13.3 Å². The molecule has 7 heteroatoms. The van der Waals surface area contributed by atoms with Crippen LogP contribution in [0.2, 0.25) is 0 Å². The molecule has 0 aliphatic carbocycles. The van der Waals surface area contributed by atoms with Crippen molar-refractivity contribution in [3.05, 3.63) is 72.1 Å². The number of nitrogens with zero attached hydrogens (tertiary/aromatic N) is 2. The van der Waals surface area contributed by atoms with Crippen LogP contribution in [-0.2, 0) is 11.2 Å². The van der Waals surface area contributed by atoms with Gasteiger partial charge in [-0.2, -0.15) is 0 Å². The molecule has 2 heterocycles. The fraction of sp³-hybridized carbons (Fsp3) is 0.185. The molecule has 0 atom stereocenters. The standard InChI is InChI=1S/C27H25N3O4/c1-16-28-20-11-7-5-9-18(20)26-25(19-10-6-8-12-21(19)30(16)26)29-24(31)15-17-13-22(32-2)27(34-4)23(14-17)33-3/h5-14H,15H2,1-4H3,(H,29,31). The summed E-state index contributed by atoms with van der Waals surface area (Å²) in [6.07, 6.45) is 0.143. The zero-order valence-electron chi connectivity index (χ0n) is 19.5. The van der Waals surface area contributed by atoms with E-state index in [0.717, 1.165) is 44.4 Å². The third kappa shape index (κ3) is 3.46. The first-order valence-electron chi connectivity index (χ1n) is 10.9. The van der Waals surface area contributed by atoms with Crippen LogP contribution in [0, 0.1) is 6.92 Å². The molecule has 3 aromatic carbocycles. The van der Waals surface area contributed by atoms with Crippen LogP contribution in [0.1, 0.15) is 11.4 Å². The highest BCUT2D eigenvalue weighted by atomic mass is 16.5. The number of benzene rings is 3. The molecule has 0 fully saturated rings. The minimum absolute atomic E-state index is 0.143. The lowest BCUT2D eigenvalue weighted by molar-refractivity contribution is -0.115. The van der Waals surface area contributed by atoms with Crippen LogP contribution in [0.3, 0.4) is 0 Å². The Balaban J connectivity index is 1.61. The van der Waals surface area contributed by atoms with Gasteiger partial charge in [0.25, 0.3) is 0 Å². The Morgan fingerprint density at radius 1 is 0.912 bits per heavy atom. The molecule has 1 amide bonds. The average molecular weight is 456 g/mol. The van der Waals surface area contributed by atoms with Crippen LogP contribution >= 0.6 is 0 Å². The summed E-state index contributed by atoms with van der Waals surface area (Å²) in [5, 5.41) is 5.12. The summed E-state index contributed by atoms with van der Waals surface area (Å²) < 4.78 is 18.4. The third-order valence-corrected chi connectivity index (χ3v) is 5.99. The van der Waals surface area contributed by atoms with Gasteiger partial charge in [0.2, 0.25) is 11.7 Å². The van der Waals surface area contributed by atoms with Crippen molar-refractivity contribution in [2.24, 2.45) is 0 Å². The number of hydrogen-bond donors (Lipinski definition) is 1. The summed E-state index contributed by atoms with van der Waals surface area (Å²) in [4.78, 5) is 18.1. The lowest BCUT2D eigenvalue weighted by Gasteiger charge is -2.14. The molecule has 172 valence electrons. The Hall–Kier alpha value is -4.26. The van der Waals surface area contributed by atoms with E-state index >= 15 is 0 Å². The Bertz CT molecular complexity index is 1530. The maximum Gasteiger partial charge on any atom is 0.228 e. The average Bonchev–Trinajstić information content (AvgIpc) is 3.18. The predicted octanol–water partition coefficient (Wildman–Crippen LogP) is 5.16. The number of ether oxygens (including phenoxy) is 3. The number of hydrogen-bond acceptors (Lipinski definition) is 5. The fourth-order valence-electron chi connectivity index (χ4n) is 4.56. The molecular weight excluding hydrogens is 430 g/mol. The summed E-state index contributed by atoms with van der Waals surface area (Å²) >= 11 is 0. The van der Waals surface area contributed by atoms with Crippen LogP contribution in [0.5, 0.6) is 17.2 Å². The van der Waals surface area contributed by atoms with Gasteiger partial charge in [0.1, 0.15) is 5.82 Å². The zero-order valence-corrected chi connectivity index (χ0v) is 19.5. The van der Waals surface area contributed by atoms with E-state index in [1.165, 1.54) is 0 Å². The minimum atomic E-state index is -0.147. The summed E-state index contributed by atoms with van der Waals surface area (Å²) in [7, 11) is 4.67. The van der Waals surface area contributed by atoms with E-state index < -0.39 is 0 Å². The van der Waals surface area contributed by atoms with Gasteiger partial charge in [-0.25, -0.2) is 4.98 Å². The van der Waals surface area contributed by atoms with Gasteiger partial charge in [0.15, 0.2) is 11.5 Å². The van der Waals surface area contributed by atoms with Crippen LogP contribution in [-0.4, -0.2) is 36.6 Å². The first-order valence-corrected chi connectivity index (χ1v) is 10.9. The van der Waals surface area contributed by atoms with Crippen LogP contribution < -0.4 is 19.5 Å². The number of carbonyl (C=O) groups is 1. The molecule has 2 aromatic heterocycles. The summed E-state index contributed by atoms with van der Waals surface area (Å²) in [6.45, 7) is 1.98. The van der Waals surface area contributed by atoms with Gasteiger partial charge in [0.05, 0.1) is 50.0 Å². The fourth-order valence-corrected chi connectivity index (χ4v) is 4.56. The quantitative estimate of drug-likeness (QED) is 0.383. The number of amides is 1. The molecule has 0 saturated carbocycles. The number of nitrogens with one attached hydrogen (secondary N) is 1. The van der Waals surface area contributed by atoms with E-state index in [9.17, 15) is 4.79 Å². The SMILES string of the molecule is COc1cc(CC(=O)Nc2c3ccccc3n3c(C)nc4ccccc4c23)cc(OC)c1OC. The van der Waals surface area contributed by atoms with Gasteiger partial charge in [-0.05, 0) is 36.8 Å². The van der Waals surface area contributed by atoms with E-state index in [1.807, 2.05) is 55.5 Å². The number of carbonyl (C=O) groups excluding carboxylic acids is 1. The molecule has 0 unspecified atom stereocenters. The first-order chi connectivity index (χ1) is 16.5. The minimum Gasteiger partial charge on any atom is -0.493 e. The van der Waals surface area contributed by atoms with E-state index in [4.69, 9.17) is 19.2 Å². The van der Waals surface area contributed by atoms with E-state index in [2.05, 4.69) is 9.72 Å².